The summed E-state index contributed by atoms with van der Waals surface area (Å²) in [7, 11) is 0. The Bertz CT molecular complexity index is 660. The molecule has 1 nitrogen and oxygen atoms in total. The van der Waals surface area contributed by atoms with Crippen molar-refractivity contribution in [2.24, 2.45) is 0 Å². The smallest absolute Gasteiger partial charge is 0.167 e. The minimum Gasteiger partial charge on any atom is -0.203 e. The van der Waals surface area contributed by atoms with Crippen molar-refractivity contribution in [1.29, 1.82) is 5.26 Å². The fourth-order valence-electron chi connectivity index (χ4n) is 1.96. The Morgan fingerprint density at radius 1 is 0.900 bits per heavy atom. The number of rotatable bonds is 2. The maximum Gasteiger partial charge on any atom is 0.167 e. The Morgan fingerprint density at radius 3 is 1.85 bits per heavy atom. The third-order valence-electron chi connectivity index (χ3n) is 3.07. The van der Waals surface area contributed by atoms with Gasteiger partial charge in [0.05, 0.1) is 11.6 Å². The second-order valence-electron chi connectivity index (χ2n) is 4.27. The van der Waals surface area contributed by atoms with Gasteiger partial charge in [0.25, 0.3) is 0 Å². The lowest BCUT2D eigenvalue weighted by Gasteiger charge is -2.14. The number of halogens is 4. The van der Waals surface area contributed by atoms with Crippen molar-refractivity contribution in [2.75, 3.05) is 0 Å². The van der Waals surface area contributed by atoms with E-state index in [0.717, 1.165) is 6.92 Å². The normalized spacial score (nSPS) is 12.0. The first kappa shape index (κ1) is 14.1. The molecular weight excluding hydrogens is 270 g/mol. The van der Waals surface area contributed by atoms with Gasteiger partial charge in [0, 0.05) is 5.56 Å². The molecule has 102 valence electrons. The number of nitriles is 1. The predicted octanol–water partition coefficient (Wildman–Crippen LogP) is 4.21. The van der Waals surface area contributed by atoms with Crippen LogP contribution < -0.4 is 0 Å². The molecule has 2 aromatic rings. The molecule has 0 aliphatic heterocycles. The van der Waals surface area contributed by atoms with Gasteiger partial charge in [0.2, 0.25) is 0 Å². The topological polar surface area (TPSA) is 23.8 Å². The van der Waals surface area contributed by atoms with Crippen LogP contribution in [-0.4, -0.2) is 0 Å². The van der Waals surface area contributed by atoms with Crippen LogP contribution in [0.4, 0.5) is 17.6 Å². The Morgan fingerprint density at radius 2 is 1.40 bits per heavy atom. The largest absolute Gasteiger partial charge is 0.203 e. The van der Waals surface area contributed by atoms with Gasteiger partial charge < -0.3 is 0 Å². The van der Waals surface area contributed by atoms with Crippen LogP contribution in [0.5, 0.6) is 0 Å². The molecule has 1 atom stereocenters. The number of hydrogen-bond acceptors (Lipinski definition) is 1. The summed E-state index contributed by atoms with van der Waals surface area (Å²) < 4.78 is 54.9. The molecule has 0 amide bonds. The molecule has 1 unspecified atom stereocenters. The molecule has 0 bridgehead atoms. The Kier molecular flexibility index (Phi) is 3.75. The highest BCUT2D eigenvalue weighted by Crippen LogP contribution is 2.32. The van der Waals surface area contributed by atoms with Crippen molar-refractivity contribution in [3.8, 4) is 6.07 Å². The Labute approximate surface area is 113 Å². The van der Waals surface area contributed by atoms with E-state index in [0.29, 0.717) is 0 Å². The quantitative estimate of drug-likeness (QED) is 0.597. The zero-order valence-corrected chi connectivity index (χ0v) is 10.4. The van der Waals surface area contributed by atoms with Crippen LogP contribution >= 0.6 is 0 Å². The number of benzene rings is 2. The fraction of sp³-hybridized carbons (Fsp3) is 0.133. The third kappa shape index (κ3) is 2.14. The molecule has 2 rings (SSSR count). The van der Waals surface area contributed by atoms with E-state index in [2.05, 4.69) is 0 Å². The molecule has 0 aromatic heterocycles. The molecule has 0 radical (unpaired) electrons. The van der Waals surface area contributed by atoms with E-state index in [1.807, 2.05) is 0 Å². The summed E-state index contributed by atoms with van der Waals surface area (Å²) in [6, 6.07) is 9.38. The van der Waals surface area contributed by atoms with E-state index < -0.39 is 40.3 Å². The molecule has 2 aromatic carbocycles. The monoisotopic (exact) mass is 279 g/mol. The van der Waals surface area contributed by atoms with Gasteiger partial charge in [-0.2, -0.15) is 5.26 Å². The zero-order valence-electron chi connectivity index (χ0n) is 10.4. The van der Waals surface area contributed by atoms with Crippen LogP contribution in [-0.2, 0) is 0 Å². The molecular formula is C15H9F4N. The van der Waals surface area contributed by atoms with E-state index in [4.69, 9.17) is 5.26 Å². The number of hydrogen-bond donors (Lipinski definition) is 0. The van der Waals surface area contributed by atoms with Crippen molar-refractivity contribution < 1.29 is 17.6 Å². The lowest BCUT2D eigenvalue weighted by molar-refractivity contribution is 0.430. The average Bonchev–Trinajstić information content (AvgIpc) is 2.48. The van der Waals surface area contributed by atoms with Gasteiger partial charge in [0.1, 0.15) is 5.92 Å². The van der Waals surface area contributed by atoms with Crippen LogP contribution in [0.25, 0.3) is 0 Å². The summed E-state index contributed by atoms with van der Waals surface area (Å²) in [6.07, 6.45) is 0. The highest BCUT2D eigenvalue weighted by molar-refractivity contribution is 5.41. The third-order valence-corrected chi connectivity index (χ3v) is 3.07. The maximum absolute atomic E-state index is 13.9. The zero-order chi connectivity index (χ0) is 14.9. The second-order valence-corrected chi connectivity index (χ2v) is 4.27. The molecule has 0 aliphatic carbocycles. The van der Waals surface area contributed by atoms with Crippen molar-refractivity contribution >= 4 is 0 Å². The number of nitrogens with zero attached hydrogens (tertiary/aromatic N) is 1. The standard InChI is InChI=1S/C15H9F4N/c1-8-12(16)14(18)11(15(19)13(8)17)10(7-20)9-5-3-2-4-6-9/h2-6,10H,1H3. The molecule has 0 heterocycles. The van der Waals surface area contributed by atoms with Crippen molar-refractivity contribution in [2.45, 2.75) is 12.8 Å². The van der Waals surface area contributed by atoms with E-state index in [1.165, 1.54) is 12.1 Å². The lowest BCUT2D eigenvalue weighted by atomic mass is 9.90. The van der Waals surface area contributed by atoms with E-state index in [-0.39, 0.29) is 5.56 Å². The highest BCUT2D eigenvalue weighted by atomic mass is 19.2. The van der Waals surface area contributed by atoms with E-state index in [1.54, 1.807) is 24.3 Å². The summed E-state index contributed by atoms with van der Waals surface area (Å²) in [4.78, 5) is 0. The van der Waals surface area contributed by atoms with Gasteiger partial charge in [-0.1, -0.05) is 30.3 Å². The minimum absolute atomic E-state index is 0.260. The Hall–Kier alpha value is -2.35. The second kappa shape index (κ2) is 5.33. The van der Waals surface area contributed by atoms with Gasteiger partial charge in [-0.3, -0.25) is 0 Å². The van der Waals surface area contributed by atoms with Gasteiger partial charge in [-0.15, -0.1) is 0 Å². The first-order valence-corrected chi connectivity index (χ1v) is 5.76. The van der Waals surface area contributed by atoms with Crippen LogP contribution in [0.1, 0.15) is 22.6 Å². The van der Waals surface area contributed by atoms with Gasteiger partial charge in [-0.05, 0) is 12.5 Å². The predicted molar refractivity (Wildman–Crippen MR) is 64.9 cm³/mol. The summed E-state index contributed by atoms with van der Waals surface area (Å²) in [5.41, 5.74) is -1.39. The minimum atomic E-state index is -1.53. The van der Waals surface area contributed by atoms with Gasteiger partial charge in [-0.25, -0.2) is 17.6 Å². The molecule has 0 N–H and O–H groups in total. The van der Waals surface area contributed by atoms with Crippen molar-refractivity contribution in [1.82, 2.24) is 0 Å². The lowest BCUT2D eigenvalue weighted by Crippen LogP contribution is -2.11. The SMILES string of the molecule is Cc1c(F)c(F)c(C(C#N)c2ccccc2)c(F)c1F. The highest BCUT2D eigenvalue weighted by Gasteiger charge is 2.29. The summed E-state index contributed by atoms with van der Waals surface area (Å²) in [6.45, 7) is 0.935. The molecule has 0 spiro atoms. The average molecular weight is 279 g/mol. The Balaban J connectivity index is 2.72. The first-order valence-electron chi connectivity index (χ1n) is 5.76. The summed E-state index contributed by atoms with van der Waals surface area (Å²) >= 11 is 0. The van der Waals surface area contributed by atoms with Crippen LogP contribution in [0, 0.1) is 41.5 Å². The van der Waals surface area contributed by atoms with E-state index in [9.17, 15) is 17.6 Å². The molecule has 0 saturated carbocycles. The molecule has 0 fully saturated rings. The fourth-order valence-corrected chi connectivity index (χ4v) is 1.96. The van der Waals surface area contributed by atoms with Crippen molar-refractivity contribution in [3.05, 3.63) is 70.3 Å². The molecule has 0 saturated heterocycles. The summed E-state index contributed by atoms with van der Waals surface area (Å²) in [5.74, 6) is -7.43. The van der Waals surface area contributed by atoms with Crippen molar-refractivity contribution in [3.63, 3.8) is 0 Å². The van der Waals surface area contributed by atoms with Crippen LogP contribution in [0.15, 0.2) is 30.3 Å². The van der Waals surface area contributed by atoms with Crippen LogP contribution in [0.2, 0.25) is 0 Å². The first-order chi connectivity index (χ1) is 9.49. The maximum atomic E-state index is 13.9. The van der Waals surface area contributed by atoms with E-state index >= 15 is 0 Å². The molecule has 0 aliphatic rings. The van der Waals surface area contributed by atoms with Gasteiger partial charge in [0.15, 0.2) is 23.3 Å². The molecule has 5 heteroatoms. The summed E-state index contributed by atoms with van der Waals surface area (Å²) in [5, 5.41) is 9.10. The molecule has 20 heavy (non-hydrogen) atoms. The van der Waals surface area contributed by atoms with Crippen LogP contribution in [0.3, 0.4) is 0 Å². The van der Waals surface area contributed by atoms with Gasteiger partial charge >= 0.3 is 0 Å².